The Morgan fingerprint density at radius 3 is 2.46 bits per heavy atom. The molecule has 0 bridgehead atoms. The third-order valence-electron chi connectivity index (χ3n) is 1.82. The van der Waals surface area contributed by atoms with Crippen molar-refractivity contribution in [3.63, 3.8) is 0 Å². The van der Waals surface area contributed by atoms with E-state index in [0.29, 0.717) is 11.3 Å². The van der Waals surface area contributed by atoms with Gasteiger partial charge in [0.25, 0.3) is 5.91 Å². The molecule has 1 aromatic carbocycles. The Kier molecular flexibility index (Phi) is 2.41. The second-order valence-electron chi connectivity index (χ2n) is 3.03. The maximum absolute atomic E-state index is 10.9. The first-order valence-electron chi connectivity index (χ1n) is 3.89. The van der Waals surface area contributed by atoms with E-state index < -0.39 is 5.91 Å². The fraction of sp³-hybridized carbons (Fsp3) is 0.222. The van der Waals surface area contributed by atoms with Crippen LogP contribution in [0.1, 0.15) is 10.4 Å². The lowest BCUT2D eigenvalue weighted by Gasteiger charge is -2.13. The zero-order valence-corrected chi connectivity index (χ0v) is 7.74. The van der Waals surface area contributed by atoms with Crippen molar-refractivity contribution in [2.75, 3.05) is 24.7 Å². The summed E-state index contributed by atoms with van der Waals surface area (Å²) < 4.78 is 0. The number of benzene rings is 1. The van der Waals surface area contributed by atoms with Crippen molar-refractivity contribution in [1.29, 1.82) is 0 Å². The van der Waals surface area contributed by atoms with E-state index in [0.717, 1.165) is 5.69 Å². The normalized spacial score (nSPS) is 9.69. The largest absolute Gasteiger partial charge is 0.398 e. The summed E-state index contributed by atoms with van der Waals surface area (Å²) in [5, 5.41) is 0. The molecule has 0 radical (unpaired) electrons. The van der Waals surface area contributed by atoms with Gasteiger partial charge in [0.2, 0.25) is 0 Å². The SMILES string of the molecule is CN(C)c1ccc(N)c(C(N)=O)c1. The lowest BCUT2D eigenvalue weighted by molar-refractivity contribution is 0.100. The van der Waals surface area contributed by atoms with Crippen LogP contribution in [0.25, 0.3) is 0 Å². The molecule has 1 amide bonds. The third kappa shape index (κ3) is 1.90. The van der Waals surface area contributed by atoms with Crippen LogP contribution in [0.5, 0.6) is 0 Å². The Hall–Kier alpha value is -1.71. The van der Waals surface area contributed by atoms with Gasteiger partial charge >= 0.3 is 0 Å². The molecule has 0 saturated carbocycles. The number of hydrogen-bond acceptors (Lipinski definition) is 3. The molecule has 1 aromatic rings. The molecule has 0 heterocycles. The van der Waals surface area contributed by atoms with Gasteiger partial charge in [-0.15, -0.1) is 0 Å². The lowest BCUT2D eigenvalue weighted by atomic mass is 10.1. The minimum absolute atomic E-state index is 0.367. The van der Waals surface area contributed by atoms with Crippen LogP contribution in [-0.2, 0) is 0 Å². The maximum Gasteiger partial charge on any atom is 0.250 e. The minimum Gasteiger partial charge on any atom is -0.398 e. The lowest BCUT2D eigenvalue weighted by Crippen LogP contribution is -2.15. The van der Waals surface area contributed by atoms with E-state index in [4.69, 9.17) is 11.5 Å². The van der Waals surface area contributed by atoms with Crippen molar-refractivity contribution in [2.45, 2.75) is 0 Å². The zero-order chi connectivity index (χ0) is 10.0. The van der Waals surface area contributed by atoms with Crippen LogP contribution in [0.4, 0.5) is 11.4 Å². The number of nitrogens with zero attached hydrogens (tertiary/aromatic N) is 1. The quantitative estimate of drug-likeness (QED) is 0.647. The van der Waals surface area contributed by atoms with Crippen molar-refractivity contribution >= 4 is 17.3 Å². The molecule has 0 aliphatic rings. The topological polar surface area (TPSA) is 72.3 Å². The van der Waals surface area contributed by atoms with E-state index in [1.54, 1.807) is 12.1 Å². The number of carbonyl (C=O) groups excluding carboxylic acids is 1. The summed E-state index contributed by atoms with van der Waals surface area (Å²) in [6.45, 7) is 0. The predicted octanol–water partition coefficient (Wildman–Crippen LogP) is 0.434. The van der Waals surface area contributed by atoms with Crippen LogP contribution in [-0.4, -0.2) is 20.0 Å². The number of nitrogen functional groups attached to an aromatic ring is 1. The smallest absolute Gasteiger partial charge is 0.250 e. The second kappa shape index (κ2) is 3.35. The van der Waals surface area contributed by atoms with Gasteiger partial charge in [0.05, 0.1) is 5.56 Å². The van der Waals surface area contributed by atoms with Crippen molar-refractivity contribution in [3.05, 3.63) is 23.8 Å². The van der Waals surface area contributed by atoms with E-state index in [1.807, 2.05) is 25.1 Å². The monoisotopic (exact) mass is 179 g/mol. The third-order valence-corrected chi connectivity index (χ3v) is 1.82. The van der Waals surface area contributed by atoms with Crippen LogP contribution in [0.15, 0.2) is 18.2 Å². The Bertz CT molecular complexity index is 334. The summed E-state index contributed by atoms with van der Waals surface area (Å²) >= 11 is 0. The molecule has 70 valence electrons. The highest BCUT2D eigenvalue weighted by Crippen LogP contribution is 2.18. The Labute approximate surface area is 77.1 Å². The number of nitrogens with two attached hydrogens (primary N) is 2. The van der Waals surface area contributed by atoms with Gasteiger partial charge in [-0.1, -0.05) is 0 Å². The predicted molar refractivity (Wildman–Crippen MR) is 53.7 cm³/mol. The molecule has 1 rings (SSSR count). The van der Waals surface area contributed by atoms with E-state index in [1.165, 1.54) is 0 Å². The van der Waals surface area contributed by atoms with Crippen LogP contribution >= 0.6 is 0 Å². The highest BCUT2D eigenvalue weighted by molar-refractivity contribution is 5.98. The molecule has 13 heavy (non-hydrogen) atoms. The van der Waals surface area contributed by atoms with Gasteiger partial charge in [0, 0.05) is 25.5 Å². The van der Waals surface area contributed by atoms with E-state index in [-0.39, 0.29) is 0 Å². The highest BCUT2D eigenvalue weighted by atomic mass is 16.1. The molecular formula is C9H13N3O. The van der Waals surface area contributed by atoms with Crippen molar-refractivity contribution in [1.82, 2.24) is 0 Å². The molecule has 0 aliphatic heterocycles. The number of amides is 1. The Balaban J connectivity index is 3.19. The van der Waals surface area contributed by atoms with Crippen LogP contribution in [0.3, 0.4) is 0 Å². The van der Waals surface area contributed by atoms with Gasteiger partial charge in [0.1, 0.15) is 0 Å². The van der Waals surface area contributed by atoms with Gasteiger partial charge < -0.3 is 16.4 Å². The average molecular weight is 179 g/mol. The van der Waals surface area contributed by atoms with Crippen molar-refractivity contribution in [3.8, 4) is 0 Å². The minimum atomic E-state index is -0.499. The fourth-order valence-corrected chi connectivity index (χ4v) is 1.04. The molecule has 0 atom stereocenters. The molecule has 0 aliphatic carbocycles. The van der Waals surface area contributed by atoms with Crippen molar-refractivity contribution in [2.24, 2.45) is 5.73 Å². The molecule has 0 unspecified atom stereocenters. The molecule has 0 aromatic heterocycles. The van der Waals surface area contributed by atoms with Gasteiger partial charge in [-0.2, -0.15) is 0 Å². The molecule has 4 heteroatoms. The van der Waals surface area contributed by atoms with Crippen molar-refractivity contribution < 1.29 is 4.79 Å². The van der Waals surface area contributed by atoms with Crippen LogP contribution < -0.4 is 16.4 Å². The van der Waals surface area contributed by atoms with Gasteiger partial charge in [-0.05, 0) is 18.2 Å². The Morgan fingerprint density at radius 2 is 2.00 bits per heavy atom. The van der Waals surface area contributed by atoms with Gasteiger partial charge in [0.15, 0.2) is 0 Å². The molecule has 4 N–H and O–H groups in total. The summed E-state index contributed by atoms with van der Waals surface area (Å²) in [6, 6.07) is 5.19. The maximum atomic E-state index is 10.9. The molecule has 0 fully saturated rings. The van der Waals surface area contributed by atoms with Crippen LogP contribution in [0.2, 0.25) is 0 Å². The molecule has 4 nitrogen and oxygen atoms in total. The second-order valence-corrected chi connectivity index (χ2v) is 3.03. The number of primary amides is 1. The average Bonchev–Trinajstić information content (AvgIpc) is 2.04. The number of anilines is 2. The highest BCUT2D eigenvalue weighted by Gasteiger charge is 2.06. The summed E-state index contributed by atoms with van der Waals surface area (Å²) in [4.78, 5) is 12.8. The summed E-state index contributed by atoms with van der Waals surface area (Å²) in [6.07, 6.45) is 0. The van der Waals surface area contributed by atoms with Gasteiger partial charge in [-0.25, -0.2) is 0 Å². The molecule has 0 spiro atoms. The standard InChI is InChI=1S/C9H13N3O/c1-12(2)6-3-4-8(10)7(5-6)9(11)13/h3-5H,10H2,1-2H3,(H2,11,13). The molecular weight excluding hydrogens is 166 g/mol. The van der Waals surface area contributed by atoms with E-state index >= 15 is 0 Å². The summed E-state index contributed by atoms with van der Waals surface area (Å²) in [7, 11) is 3.77. The molecule has 0 saturated heterocycles. The first-order valence-corrected chi connectivity index (χ1v) is 3.89. The van der Waals surface area contributed by atoms with E-state index in [9.17, 15) is 4.79 Å². The first kappa shape index (κ1) is 9.38. The Morgan fingerprint density at radius 1 is 1.38 bits per heavy atom. The fourth-order valence-electron chi connectivity index (χ4n) is 1.04. The van der Waals surface area contributed by atoms with Crippen LogP contribution in [0, 0.1) is 0 Å². The van der Waals surface area contributed by atoms with Gasteiger partial charge in [-0.3, -0.25) is 4.79 Å². The first-order chi connectivity index (χ1) is 6.02. The number of rotatable bonds is 2. The summed E-state index contributed by atoms with van der Waals surface area (Å²) in [5.41, 5.74) is 12.4. The zero-order valence-electron chi connectivity index (χ0n) is 7.74. The van der Waals surface area contributed by atoms with E-state index in [2.05, 4.69) is 0 Å². The number of hydrogen-bond donors (Lipinski definition) is 2. The summed E-state index contributed by atoms with van der Waals surface area (Å²) in [5.74, 6) is -0.499. The number of carbonyl (C=O) groups is 1.